The molecule has 1 aliphatic rings. The normalized spacial score (nSPS) is 18.4. The molecule has 1 unspecified atom stereocenters. The second-order valence-corrected chi connectivity index (χ2v) is 5.86. The molecular formula is C18H19N3O2. The molecule has 3 heterocycles. The minimum Gasteiger partial charge on any atom is -0.392 e. The number of aromatic nitrogens is 3. The first-order chi connectivity index (χ1) is 11.3. The van der Waals surface area contributed by atoms with E-state index >= 15 is 0 Å². The van der Waals surface area contributed by atoms with Gasteiger partial charge in [0.2, 0.25) is 0 Å². The van der Waals surface area contributed by atoms with E-state index in [0.29, 0.717) is 0 Å². The Labute approximate surface area is 134 Å². The molecule has 0 saturated carbocycles. The zero-order valence-corrected chi connectivity index (χ0v) is 12.9. The van der Waals surface area contributed by atoms with Crippen molar-refractivity contribution >= 4 is 10.9 Å². The third-order valence-corrected chi connectivity index (χ3v) is 4.30. The van der Waals surface area contributed by atoms with Gasteiger partial charge in [0.05, 0.1) is 23.5 Å². The predicted octanol–water partition coefficient (Wildman–Crippen LogP) is 3.29. The lowest BCUT2D eigenvalue weighted by Gasteiger charge is -2.24. The van der Waals surface area contributed by atoms with Gasteiger partial charge in [0.25, 0.3) is 0 Å². The van der Waals surface area contributed by atoms with Crippen molar-refractivity contribution in [3.63, 3.8) is 0 Å². The van der Waals surface area contributed by atoms with Crippen molar-refractivity contribution in [1.29, 1.82) is 0 Å². The van der Waals surface area contributed by atoms with E-state index in [4.69, 9.17) is 9.72 Å². The van der Waals surface area contributed by atoms with E-state index < -0.39 is 0 Å². The quantitative estimate of drug-likeness (QED) is 0.806. The lowest BCUT2D eigenvalue weighted by Crippen LogP contribution is -2.20. The molecule has 5 heteroatoms. The summed E-state index contributed by atoms with van der Waals surface area (Å²) in [4.78, 5) is 4.75. The lowest BCUT2D eigenvalue weighted by atomic mass is 10.1. The zero-order chi connectivity index (χ0) is 15.6. The first-order valence-electron chi connectivity index (χ1n) is 8.01. The van der Waals surface area contributed by atoms with Crippen LogP contribution in [0.2, 0.25) is 0 Å². The number of aliphatic hydroxyl groups excluding tert-OH is 1. The van der Waals surface area contributed by atoms with Crippen molar-refractivity contribution < 1.29 is 9.84 Å². The Morgan fingerprint density at radius 2 is 2.13 bits per heavy atom. The van der Waals surface area contributed by atoms with Crippen LogP contribution in [-0.2, 0) is 11.3 Å². The first-order valence-corrected chi connectivity index (χ1v) is 8.01. The van der Waals surface area contributed by atoms with Crippen LogP contribution < -0.4 is 0 Å². The molecule has 0 radical (unpaired) electrons. The number of benzene rings is 1. The van der Waals surface area contributed by atoms with Crippen molar-refractivity contribution in [2.75, 3.05) is 6.61 Å². The summed E-state index contributed by atoms with van der Waals surface area (Å²) < 4.78 is 7.79. The Morgan fingerprint density at radius 3 is 2.96 bits per heavy atom. The molecule has 0 amide bonds. The summed E-state index contributed by atoms with van der Waals surface area (Å²) >= 11 is 0. The third-order valence-electron chi connectivity index (χ3n) is 4.30. The van der Waals surface area contributed by atoms with Crippen LogP contribution in [0, 0.1) is 0 Å². The average Bonchev–Trinajstić information content (AvgIpc) is 3.11. The van der Waals surface area contributed by atoms with Gasteiger partial charge in [-0.25, -0.2) is 9.67 Å². The molecule has 1 N–H and O–H groups in total. The van der Waals surface area contributed by atoms with Crippen LogP contribution in [0.3, 0.4) is 0 Å². The molecule has 0 bridgehead atoms. The van der Waals surface area contributed by atoms with E-state index in [2.05, 4.69) is 5.10 Å². The highest BCUT2D eigenvalue weighted by Gasteiger charge is 2.20. The van der Waals surface area contributed by atoms with Crippen LogP contribution in [0.15, 0.2) is 42.6 Å². The van der Waals surface area contributed by atoms with E-state index in [1.165, 1.54) is 6.42 Å². The number of pyridine rings is 1. The number of hydrogen-bond acceptors (Lipinski definition) is 4. The Hall–Kier alpha value is -2.24. The fraction of sp³-hybridized carbons (Fsp3) is 0.333. The summed E-state index contributed by atoms with van der Waals surface area (Å²) in [6, 6.07) is 11.8. The molecule has 0 spiro atoms. The minimum atomic E-state index is 0.00279. The second kappa shape index (κ2) is 6.10. The number of ether oxygens (including phenoxy) is 1. The molecule has 2 aromatic heterocycles. The monoisotopic (exact) mass is 309 g/mol. The van der Waals surface area contributed by atoms with Gasteiger partial charge in [0.1, 0.15) is 0 Å². The summed E-state index contributed by atoms with van der Waals surface area (Å²) in [5, 5.41) is 14.7. The van der Waals surface area contributed by atoms with Gasteiger partial charge in [-0.1, -0.05) is 12.1 Å². The highest BCUT2D eigenvalue weighted by Crippen LogP contribution is 2.28. The Balaban J connectivity index is 1.73. The highest BCUT2D eigenvalue weighted by molar-refractivity contribution is 5.81. The van der Waals surface area contributed by atoms with E-state index in [0.717, 1.165) is 47.3 Å². The van der Waals surface area contributed by atoms with Gasteiger partial charge in [-0.15, -0.1) is 0 Å². The van der Waals surface area contributed by atoms with Crippen LogP contribution in [-0.4, -0.2) is 26.5 Å². The molecule has 5 nitrogen and oxygen atoms in total. The van der Waals surface area contributed by atoms with Crippen LogP contribution in [0.4, 0.5) is 0 Å². The molecule has 4 rings (SSSR count). The molecule has 1 atom stereocenters. The molecule has 3 aromatic rings. The van der Waals surface area contributed by atoms with Crippen LogP contribution in [0.1, 0.15) is 31.1 Å². The fourth-order valence-corrected chi connectivity index (χ4v) is 3.08. The number of rotatable bonds is 3. The zero-order valence-electron chi connectivity index (χ0n) is 12.9. The van der Waals surface area contributed by atoms with Gasteiger partial charge in [-0.3, -0.25) is 0 Å². The summed E-state index contributed by atoms with van der Waals surface area (Å²) in [6.45, 7) is 0.836. The summed E-state index contributed by atoms with van der Waals surface area (Å²) in [5.41, 5.74) is 3.68. The lowest BCUT2D eigenvalue weighted by molar-refractivity contribution is -0.0384. The van der Waals surface area contributed by atoms with Gasteiger partial charge in [-0.2, -0.15) is 5.10 Å². The summed E-state index contributed by atoms with van der Waals surface area (Å²) in [6.07, 6.45) is 5.08. The van der Waals surface area contributed by atoms with Crippen molar-refractivity contribution in [2.24, 2.45) is 0 Å². The number of hydrogen-bond donors (Lipinski definition) is 1. The molecule has 23 heavy (non-hydrogen) atoms. The van der Waals surface area contributed by atoms with Crippen LogP contribution in [0.25, 0.3) is 22.3 Å². The van der Waals surface area contributed by atoms with Crippen LogP contribution >= 0.6 is 0 Å². The third kappa shape index (κ3) is 2.73. The summed E-state index contributed by atoms with van der Waals surface area (Å²) in [5.74, 6) is 0. The van der Waals surface area contributed by atoms with E-state index in [9.17, 15) is 5.11 Å². The average molecular weight is 309 g/mol. The Kier molecular flexibility index (Phi) is 3.81. The largest absolute Gasteiger partial charge is 0.392 e. The van der Waals surface area contributed by atoms with E-state index in [1.807, 2.05) is 41.1 Å². The molecular weight excluding hydrogens is 290 g/mol. The molecule has 1 fully saturated rings. The van der Waals surface area contributed by atoms with Gasteiger partial charge >= 0.3 is 0 Å². The van der Waals surface area contributed by atoms with Crippen molar-refractivity contribution in [3.8, 4) is 11.4 Å². The minimum absolute atomic E-state index is 0.00279. The van der Waals surface area contributed by atoms with Crippen LogP contribution in [0.5, 0.6) is 0 Å². The topological polar surface area (TPSA) is 60.2 Å². The number of fused-ring (bicyclic) bond motifs is 1. The SMILES string of the molecule is OCc1ccc2nc(-c3ccnn3C3CCCCO3)ccc2c1. The molecule has 0 aliphatic carbocycles. The molecule has 1 aliphatic heterocycles. The van der Waals surface area contributed by atoms with Gasteiger partial charge in [0, 0.05) is 18.2 Å². The predicted molar refractivity (Wildman–Crippen MR) is 87.7 cm³/mol. The Bertz CT molecular complexity index is 822. The molecule has 1 saturated heterocycles. The maximum atomic E-state index is 9.24. The first kappa shape index (κ1) is 14.4. The van der Waals surface area contributed by atoms with E-state index in [1.54, 1.807) is 6.20 Å². The maximum Gasteiger partial charge on any atom is 0.150 e. The smallest absolute Gasteiger partial charge is 0.150 e. The van der Waals surface area contributed by atoms with Crippen molar-refractivity contribution in [1.82, 2.24) is 14.8 Å². The van der Waals surface area contributed by atoms with Gasteiger partial charge in [-0.05, 0) is 49.1 Å². The van der Waals surface area contributed by atoms with Crippen molar-refractivity contribution in [2.45, 2.75) is 32.1 Å². The van der Waals surface area contributed by atoms with Gasteiger partial charge < -0.3 is 9.84 Å². The fourth-order valence-electron chi connectivity index (χ4n) is 3.08. The number of aliphatic hydroxyl groups is 1. The molecule has 1 aromatic carbocycles. The van der Waals surface area contributed by atoms with E-state index in [-0.39, 0.29) is 12.8 Å². The van der Waals surface area contributed by atoms with Crippen molar-refractivity contribution in [3.05, 3.63) is 48.2 Å². The second-order valence-electron chi connectivity index (χ2n) is 5.86. The highest BCUT2D eigenvalue weighted by atomic mass is 16.5. The van der Waals surface area contributed by atoms with Gasteiger partial charge in [0.15, 0.2) is 6.23 Å². The summed E-state index contributed by atoms with van der Waals surface area (Å²) in [7, 11) is 0. The standard InChI is InChI=1S/C18H19N3O2/c22-12-13-4-6-15-14(11-13)5-7-16(20-15)17-8-9-19-21(17)18-3-1-2-10-23-18/h4-9,11,18,22H,1-3,10,12H2. The maximum absolute atomic E-state index is 9.24. The number of nitrogens with zero attached hydrogens (tertiary/aromatic N) is 3. The Morgan fingerprint density at radius 1 is 1.17 bits per heavy atom. The molecule has 118 valence electrons.